The zero-order valence-electron chi connectivity index (χ0n) is 50.1. The lowest BCUT2D eigenvalue weighted by Gasteiger charge is -2.30. The summed E-state index contributed by atoms with van der Waals surface area (Å²) in [4.78, 5) is 9.58. The first-order chi connectivity index (χ1) is 43.0. The molecule has 0 unspecified atom stereocenters. The van der Waals surface area contributed by atoms with Crippen LogP contribution in [-0.2, 0) is 18.3 Å². The first kappa shape index (κ1) is 55.0. The fourth-order valence-corrected chi connectivity index (χ4v) is 14.3. The van der Waals surface area contributed by atoms with Gasteiger partial charge in [0.05, 0.1) is 0 Å². The summed E-state index contributed by atoms with van der Waals surface area (Å²) in [6.07, 6.45) is 16.6. The minimum absolute atomic E-state index is 0.0540. The number of nitrogens with zero attached hydrogens (tertiary/aromatic N) is 4. The Morgan fingerprint density at radius 2 is 0.655 bits per heavy atom. The number of hydrogen-bond donors (Lipinski definition) is 0. The Kier molecular flexibility index (Phi) is 15.5. The normalized spacial score (nSPS) is 14.3. The predicted octanol–water partition coefficient (Wildman–Crippen LogP) is 23.2. The molecular formula is C83H74N4. The van der Waals surface area contributed by atoms with E-state index in [1.54, 1.807) is 0 Å². The second-order valence-electron chi connectivity index (χ2n) is 23.9. The van der Waals surface area contributed by atoms with E-state index in [-0.39, 0.29) is 5.41 Å². The Morgan fingerprint density at radius 1 is 0.287 bits per heavy atom. The Bertz CT molecular complexity index is 4140. The molecule has 4 heteroatoms. The van der Waals surface area contributed by atoms with Gasteiger partial charge < -0.3 is 19.6 Å². The van der Waals surface area contributed by atoms with Gasteiger partial charge in [-0.25, -0.2) is 0 Å². The van der Waals surface area contributed by atoms with Crippen LogP contribution in [0.1, 0.15) is 87.5 Å². The Labute approximate surface area is 515 Å². The van der Waals surface area contributed by atoms with E-state index in [0.717, 1.165) is 75.4 Å². The first-order valence-electron chi connectivity index (χ1n) is 31.5. The van der Waals surface area contributed by atoms with E-state index in [1.807, 2.05) is 0 Å². The molecule has 1 fully saturated rings. The van der Waals surface area contributed by atoms with Gasteiger partial charge in [0.15, 0.2) is 0 Å². The van der Waals surface area contributed by atoms with Crippen LogP contribution in [0.25, 0.3) is 33.4 Å². The van der Waals surface area contributed by atoms with Crippen molar-refractivity contribution >= 4 is 56.9 Å². The summed E-state index contributed by atoms with van der Waals surface area (Å²) in [6, 6.07) is 103. The number of allylic oxidation sites excluding steroid dienone is 4. The SMILES string of the molecule is C/C(=C\C=C(/C)N(c1ccc(-c2ccc(N(c3ccc(N(c4ccccc4)c4ccccc4)cc3)c3ccc4c(c3)CCCCCCc3ccccc3-4)cc2)cc1)c1ccc2c(c1)C1(CCCC1)c1ccccc1-2)N(c1ccccc1)c1ccccc1. The maximum Gasteiger partial charge on any atom is 0.0464 e. The van der Waals surface area contributed by atoms with Gasteiger partial charge in [-0.05, 0) is 241 Å². The topological polar surface area (TPSA) is 13.0 Å². The molecule has 0 aromatic heterocycles. The quantitative estimate of drug-likeness (QED) is 0.101. The summed E-state index contributed by atoms with van der Waals surface area (Å²) in [5.41, 5.74) is 27.3. The van der Waals surface area contributed by atoms with Gasteiger partial charge in [0.1, 0.15) is 0 Å². The van der Waals surface area contributed by atoms with Gasteiger partial charge in [-0.3, -0.25) is 0 Å². The monoisotopic (exact) mass is 1130 g/mol. The molecule has 3 aliphatic rings. The van der Waals surface area contributed by atoms with Crippen molar-refractivity contribution < 1.29 is 0 Å². The van der Waals surface area contributed by atoms with Gasteiger partial charge in [-0.2, -0.15) is 0 Å². The van der Waals surface area contributed by atoms with E-state index in [9.17, 15) is 0 Å². The molecule has 3 aliphatic carbocycles. The highest BCUT2D eigenvalue weighted by Gasteiger charge is 2.45. The molecule has 0 N–H and O–H groups in total. The lowest BCUT2D eigenvalue weighted by molar-refractivity contribution is 0.550. The Balaban J connectivity index is 0.830. The fraction of sp³-hybridized carbons (Fsp3) is 0.157. The molecule has 14 rings (SSSR count). The van der Waals surface area contributed by atoms with Crippen molar-refractivity contribution in [2.24, 2.45) is 0 Å². The van der Waals surface area contributed by atoms with Crippen LogP contribution in [0, 0.1) is 0 Å². The van der Waals surface area contributed by atoms with Gasteiger partial charge in [0, 0.05) is 73.7 Å². The molecule has 11 aromatic carbocycles. The minimum atomic E-state index is 0.0540. The zero-order chi connectivity index (χ0) is 58.5. The van der Waals surface area contributed by atoms with Crippen LogP contribution in [0.5, 0.6) is 0 Å². The van der Waals surface area contributed by atoms with Crippen molar-refractivity contribution in [3.63, 3.8) is 0 Å². The number of fused-ring (bicyclic) bond motifs is 8. The number of para-hydroxylation sites is 4. The van der Waals surface area contributed by atoms with Crippen LogP contribution in [0.4, 0.5) is 56.9 Å². The smallest absolute Gasteiger partial charge is 0.0464 e. The second kappa shape index (κ2) is 24.6. The summed E-state index contributed by atoms with van der Waals surface area (Å²) in [6.45, 7) is 4.47. The van der Waals surface area contributed by atoms with Crippen molar-refractivity contribution in [3.8, 4) is 33.4 Å². The average Bonchev–Trinajstić information content (AvgIpc) is 1.61. The van der Waals surface area contributed by atoms with Crippen LogP contribution >= 0.6 is 0 Å². The highest BCUT2D eigenvalue weighted by Crippen LogP contribution is 2.58. The molecule has 0 bridgehead atoms. The van der Waals surface area contributed by atoms with Crippen molar-refractivity contribution in [2.45, 2.75) is 83.5 Å². The third-order valence-corrected chi connectivity index (χ3v) is 18.5. The standard InChI is InChI=1S/C83H74N4/c1-61(84(67-28-11-5-12-29-67)68-30-13-6-14-31-68)39-40-62(2)85(76-54-56-80-79-37-21-22-38-81(79)83(82(80)60-76)57-23-24-58-83)71-45-41-63(42-46-71)64-43-47-72(48-44-64)87(75-53-55-78-66(59-75)27-10-4-3-9-25-65-26-19-20-36-77(65)78)74-51-49-73(50-52-74)86(69-32-15-7-16-33-69)70-34-17-8-18-35-70/h5-8,11-22,26,28-56,59-60H,3-4,9-10,23-25,27,57-58H2,1-2H3/b61-39+,62-40+. The van der Waals surface area contributed by atoms with Crippen LogP contribution in [0.15, 0.2) is 303 Å². The van der Waals surface area contributed by atoms with Crippen LogP contribution in [-0.4, -0.2) is 0 Å². The lowest BCUT2D eigenvalue weighted by atomic mass is 9.76. The highest BCUT2D eigenvalue weighted by molar-refractivity contribution is 5.87. The first-order valence-corrected chi connectivity index (χ1v) is 31.5. The molecule has 0 amide bonds. The molecule has 0 heterocycles. The van der Waals surface area contributed by atoms with Gasteiger partial charge in [0.2, 0.25) is 0 Å². The third-order valence-electron chi connectivity index (χ3n) is 18.5. The van der Waals surface area contributed by atoms with Crippen molar-refractivity contribution in [3.05, 3.63) is 325 Å². The lowest BCUT2D eigenvalue weighted by Crippen LogP contribution is -2.21. The molecule has 87 heavy (non-hydrogen) atoms. The summed E-state index contributed by atoms with van der Waals surface area (Å²) in [5, 5.41) is 0. The fourth-order valence-electron chi connectivity index (χ4n) is 14.3. The molecule has 426 valence electrons. The number of hydrogen-bond acceptors (Lipinski definition) is 4. The van der Waals surface area contributed by atoms with Gasteiger partial charge in [0.25, 0.3) is 0 Å². The Hall–Kier alpha value is -9.90. The number of benzene rings is 11. The van der Waals surface area contributed by atoms with E-state index in [1.165, 1.54) is 113 Å². The van der Waals surface area contributed by atoms with E-state index in [4.69, 9.17) is 0 Å². The Morgan fingerprint density at radius 3 is 1.22 bits per heavy atom. The van der Waals surface area contributed by atoms with Gasteiger partial charge >= 0.3 is 0 Å². The molecule has 1 spiro atoms. The minimum Gasteiger partial charge on any atom is -0.315 e. The molecule has 1 saturated carbocycles. The summed E-state index contributed by atoms with van der Waals surface area (Å²) < 4.78 is 0. The predicted molar refractivity (Wildman–Crippen MR) is 368 cm³/mol. The maximum atomic E-state index is 2.52. The van der Waals surface area contributed by atoms with Crippen LogP contribution in [0.3, 0.4) is 0 Å². The van der Waals surface area contributed by atoms with Gasteiger partial charge in [-0.1, -0.05) is 183 Å². The van der Waals surface area contributed by atoms with Crippen molar-refractivity contribution in [2.75, 3.05) is 19.6 Å². The molecule has 0 atom stereocenters. The number of rotatable bonds is 14. The molecule has 0 saturated heterocycles. The van der Waals surface area contributed by atoms with Crippen molar-refractivity contribution in [1.29, 1.82) is 0 Å². The van der Waals surface area contributed by atoms with E-state index >= 15 is 0 Å². The zero-order valence-corrected chi connectivity index (χ0v) is 50.1. The second-order valence-corrected chi connectivity index (χ2v) is 23.9. The van der Waals surface area contributed by atoms with Gasteiger partial charge in [-0.15, -0.1) is 0 Å². The highest BCUT2D eigenvalue weighted by atomic mass is 15.2. The molecule has 4 nitrogen and oxygen atoms in total. The number of aryl methyl sites for hydroxylation is 2. The molecule has 0 aliphatic heterocycles. The van der Waals surface area contributed by atoms with Crippen LogP contribution in [0.2, 0.25) is 0 Å². The van der Waals surface area contributed by atoms with E-state index < -0.39 is 0 Å². The summed E-state index contributed by atoms with van der Waals surface area (Å²) >= 11 is 0. The average molecular weight is 1130 g/mol. The summed E-state index contributed by atoms with van der Waals surface area (Å²) in [7, 11) is 0. The molecular weight excluding hydrogens is 1050 g/mol. The molecule has 11 aromatic rings. The number of anilines is 10. The van der Waals surface area contributed by atoms with Crippen LogP contribution < -0.4 is 19.6 Å². The molecule has 0 radical (unpaired) electrons. The maximum absolute atomic E-state index is 2.52. The largest absolute Gasteiger partial charge is 0.315 e. The van der Waals surface area contributed by atoms with Crippen molar-refractivity contribution in [1.82, 2.24) is 0 Å². The van der Waals surface area contributed by atoms with E-state index in [0.29, 0.717) is 0 Å². The third kappa shape index (κ3) is 11.0. The summed E-state index contributed by atoms with van der Waals surface area (Å²) in [5.74, 6) is 0. The van der Waals surface area contributed by atoms with E-state index in [2.05, 4.69) is 325 Å².